The van der Waals surface area contributed by atoms with Gasteiger partial charge in [0.05, 0.1) is 0 Å². The van der Waals surface area contributed by atoms with E-state index in [0.29, 0.717) is 6.73 Å². The Kier molecular flexibility index (Phi) is 6.12. The molecule has 0 aromatic carbocycles. The predicted molar refractivity (Wildman–Crippen MR) is 67.6 cm³/mol. The molecule has 0 aromatic rings. The number of nitrogens with zero attached hydrogens (tertiary/aromatic N) is 2. The van der Waals surface area contributed by atoms with E-state index in [2.05, 4.69) is 26.2 Å². The molecule has 0 spiro atoms. The maximum atomic E-state index is 5.63. The van der Waals surface area contributed by atoms with Gasteiger partial charge in [-0.1, -0.05) is 26.2 Å². The number of hydrogen-bond donors (Lipinski definition) is 1. The molecule has 0 unspecified atom stereocenters. The summed E-state index contributed by atoms with van der Waals surface area (Å²) >= 11 is 0. The number of ether oxygens (including phenoxy) is 1. The molecule has 15 heavy (non-hydrogen) atoms. The summed E-state index contributed by atoms with van der Waals surface area (Å²) in [6, 6.07) is 1.17. The van der Waals surface area contributed by atoms with Crippen LogP contribution in [0.3, 0.4) is 0 Å². The minimum Gasteiger partial charge on any atom is -0.360 e. The lowest BCUT2D eigenvalue weighted by Gasteiger charge is -2.30. The van der Waals surface area contributed by atoms with Crippen molar-refractivity contribution < 1.29 is 4.74 Å². The average Bonchev–Trinajstić information content (AvgIpc) is 2.00. The number of hydrogen-bond acceptors (Lipinski definition) is 4. The van der Waals surface area contributed by atoms with E-state index in [9.17, 15) is 0 Å². The van der Waals surface area contributed by atoms with Gasteiger partial charge in [0, 0.05) is 27.4 Å². The summed E-state index contributed by atoms with van der Waals surface area (Å²) in [6.07, 6.45) is 0. The van der Waals surface area contributed by atoms with E-state index in [1.165, 1.54) is 11.2 Å². The van der Waals surface area contributed by atoms with Crippen LogP contribution in [0.5, 0.6) is 0 Å². The van der Waals surface area contributed by atoms with E-state index >= 15 is 0 Å². The molecule has 5 heteroatoms. The first-order valence-corrected chi connectivity index (χ1v) is 8.94. The molecule has 4 nitrogen and oxygen atoms in total. The molecule has 0 heterocycles. The normalized spacial score (nSPS) is 11.9. The molecule has 0 fully saturated rings. The molecule has 90 valence electrons. The monoisotopic (exact) mass is 231 g/mol. The summed E-state index contributed by atoms with van der Waals surface area (Å²) in [5, 5.41) is 3.29. The first-order chi connectivity index (χ1) is 6.74. The van der Waals surface area contributed by atoms with Crippen molar-refractivity contribution in [2.24, 2.45) is 5.84 Å². The Morgan fingerprint density at radius 2 is 1.93 bits per heavy atom. The third-order valence-corrected chi connectivity index (χ3v) is 3.74. The molecular formula is C10H25N3OSi. The first kappa shape index (κ1) is 14.6. The fourth-order valence-electron chi connectivity index (χ4n) is 1.000. The van der Waals surface area contributed by atoms with Crippen LogP contribution in [0.1, 0.15) is 6.92 Å². The van der Waals surface area contributed by atoms with Gasteiger partial charge in [-0.05, 0) is 13.0 Å². The summed E-state index contributed by atoms with van der Waals surface area (Å²) in [4.78, 5) is 0. The Bertz CT molecular complexity index is 201. The van der Waals surface area contributed by atoms with Crippen molar-refractivity contribution in [1.29, 1.82) is 0 Å². The quantitative estimate of drug-likeness (QED) is 0.239. The Balaban J connectivity index is 3.78. The Morgan fingerprint density at radius 1 is 1.40 bits per heavy atom. The highest BCUT2D eigenvalue weighted by Gasteiger charge is 2.13. The molecule has 0 bridgehead atoms. The van der Waals surface area contributed by atoms with E-state index in [4.69, 9.17) is 10.6 Å². The molecule has 2 N–H and O–H groups in total. The van der Waals surface area contributed by atoms with E-state index in [1.807, 2.05) is 6.92 Å². The lowest BCUT2D eigenvalue weighted by atomic mass is 10.5. The van der Waals surface area contributed by atoms with E-state index in [-0.39, 0.29) is 0 Å². The smallest absolute Gasteiger partial charge is 0.134 e. The van der Waals surface area contributed by atoms with Gasteiger partial charge in [0.25, 0.3) is 0 Å². The van der Waals surface area contributed by atoms with Crippen LogP contribution < -0.4 is 5.84 Å². The van der Waals surface area contributed by atoms with Crippen LogP contribution in [0.15, 0.2) is 12.3 Å². The average molecular weight is 231 g/mol. The van der Waals surface area contributed by atoms with E-state index < -0.39 is 8.07 Å². The van der Waals surface area contributed by atoms with Crippen molar-refractivity contribution in [3.8, 4) is 0 Å². The second-order valence-corrected chi connectivity index (χ2v) is 10.7. The van der Waals surface area contributed by atoms with Crippen LogP contribution in [0.25, 0.3) is 0 Å². The topological polar surface area (TPSA) is 41.7 Å². The van der Waals surface area contributed by atoms with Crippen molar-refractivity contribution in [3.05, 3.63) is 12.3 Å². The van der Waals surface area contributed by atoms with Crippen LogP contribution in [0.4, 0.5) is 0 Å². The molecule has 0 saturated carbocycles. The Hall–Kier alpha value is -0.363. The highest BCUT2D eigenvalue weighted by molar-refractivity contribution is 6.76. The predicted octanol–water partition coefficient (Wildman–Crippen LogP) is 1.85. The summed E-state index contributed by atoms with van der Waals surface area (Å²) < 4.78 is 5.57. The van der Waals surface area contributed by atoms with Gasteiger partial charge in [-0.3, -0.25) is 10.9 Å². The zero-order chi connectivity index (χ0) is 12.1. The summed E-state index contributed by atoms with van der Waals surface area (Å²) in [7, 11) is 0.780. The second kappa shape index (κ2) is 6.27. The molecule has 0 aliphatic rings. The fourth-order valence-corrected chi connectivity index (χ4v) is 1.76. The molecule has 0 aromatic heterocycles. The van der Waals surface area contributed by atoms with Crippen molar-refractivity contribution in [1.82, 2.24) is 10.1 Å². The maximum absolute atomic E-state index is 5.63. The van der Waals surface area contributed by atoms with Gasteiger partial charge < -0.3 is 4.74 Å². The minimum absolute atomic E-state index is 0.479. The first-order valence-electron chi connectivity index (χ1n) is 5.23. The number of allylic oxidation sites excluding steroid dienone is 1. The van der Waals surface area contributed by atoms with Gasteiger partial charge in [-0.2, -0.15) is 5.12 Å². The minimum atomic E-state index is -0.994. The zero-order valence-corrected chi connectivity index (χ0v) is 11.7. The van der Waals surface area contributed by atoms with Crippen molar-refractivity contribution in [2.45, 2.75) is 32.6 Å². The van der Waals surface area contributed by atoms with Gasteiger partial charge >= 0.3 is 0 Å². The van der Waals surface area contributed by atoms with Gasteiger partial charge in [0.1, 0.15) is 6.73 Å². The van der Waals surface area contributed by atoms with Crippen LogP contribution in [0, 0.1) is 0 Å². The number of hydrazine groups is 2. The zero-order valence-electron chi connectivity index (χ0n) is 10.7. The number of nitrogens with two attached hydrogens (primary N) is 1. The standard InChI is InChI=1S/C10H25N3OSi/c1-10(2)13(12(3)11)9-14-7-8-15(4,5)6/h1,7-9,11H2,2-6H3. The SMILES string of the molecule is C=C(C)N(COCC[Si](C)(C)C)N(C)N. The van der Waals surface area contributed by atoms with Crippen molar-refractivity contribution >= 4 is 8.07 Å². The largest absolute Gasteiger partial charge is 0.360 e. The van der Waals surface area contributed by atoms with Crippen LogP contribution in [-0.2, 0) is 4.74 Å². The van der Waals surface area contributed by atoms with Gasteiger partial charge in [0.2, 0.25) is 0 Å². The Labute approximate surface area is 94.6 Å². The van der Waals surface area contributed by atoms with Crippen molar-refractivity contribution in [2.75, 3.05) is 20.4 Å². The Morgan fingerprint density at radius 3 is 2.27 bits per heavy atom. The number of rotatable bonds is 7. The molecule has 0 aliphatic carbocycles. The summed E-state index contributed by atoms with van der Waals surface area (Å²) in [6.45, 7) is 14.0. The molecule has 0 saturated heterocycles. The molecule has 0 rings (SSSR count). The lowest BCUT2D eigenvalue weighted by molar-refractivity contribution is -0.0642. The molecule has 0 radical (unpaired) electrons. The summed E-state index contributed by atoms with van der Waals surface area (Å²) in [5.74, 6) is 5.63. The van der Waals surface area contributed by atoms with Gasteiger partial charge in [-0.25, -0.2) is 0 Å². The second-order valence-electron chi connectivity index (χ2n) is 5.06. The third kappa shape index (κ3) is 7.55. The third-order valence-electron chi connectivity index (χ3n) is 2.03. The van der Waals surface area contributed by atoms with Crippen LogP contribution in [0.2, 0.25) is 25.7 Å². The molecule has 0 atom stereocenters. The maximum Gasteiger partial charge on any atom is 0.134 e. The van der Waals surface area contributed by atoms with E-state index in [1.54, 1.807) is 12.1 Å². The van der Waals surface area contributed by atoms with Crippen LogP contribution >= 0.6 is 0 Å². The highest BCUT2D eigenvalue weighted by atomic mass is 28.3. The van der Waals surface area contributed by atoms with Crippen LogP contribution in [-0.4, -0.2) is 38.6 Å². The van der Waals surface area contributed by atoms with Crippen molar-refractivity contribution in [3.63, 3.8) is 0 Å². The van der Waals surface area contributed by atoms with Gasteiger partial charge in [-0.15, -0.1) is 0 Å². The fraction of sp³-hybridized carbons (Fsp3) is 0.800. The summed E-state index contributed by atoms with van der Waals surface area (Å²) in [5.41, 5.74) is 0.882. The van der Waals surface area contributed by atoms with E-state index in [0.717, 1.165) is 12.3 Å². The highest BCUT2D eigenvalue weighted by Crippen LogP contribution is 2.08. The molecule has 0 amide bonds. The van der Waals surface area contributed by atoms with Gasteiger partial charge in [0.15, 0.2) is 0 Å². The molecule has 0 aliphatic heterocycles. The lowest BCUT2D eigenvalue weighted by Crippen LogP contribution is -2.44. The molecular weight excluding hydrogens is 206 g/mol.